The van der Waals surface area contributed by atoms with E-state index >= 15 is 0 Å². The predicted molar refractivity (Wildman–Crippen MR) is 61.6 cm³/mol. The maximum absolute atomic E-state index is 11.4. The Hall–Kier alpha value is -1.95. The molecule has 0 aliphatic heterocycles. The lowest BCUT2D eigenvalue weighted by Gasteiger charge is -1.98. The minimum atomic E-state index is -0.210. The zero-order chi connectivity index (χ0) is 11.0. The molecule has 0 amide bonds. The summed E-state index contributed by atoms with van der Waals surface area (Å²) in [4.78, 5) is 12.6. The first-order valence-corrected chi connectivity index (χ1v) is 5.65. The molecule has 0 bridgehead atoms. The van der Waals surface area contributed by atoms with E-state index in [-0.39, 0.29) is 5.56 Å². The van der Waals surface area contributed by atoms with Crippen LogP contribution in [-0.4, -0.2) is 20.4 Å². The Morgan fingerprint density at radius 3 is 3.12 bits per heavy atom. The van der Waals surface area contributed by atoms with Gasteiger partial charge in [0.2, 0.25) is 0 Å². The molecule has 0 saturated carbocycles. The highest BCUT2D eigenvalue weighted by molar-refractivity contribution is 7.09. The van der Waals surface area contributed by atoms with Gasteiger partial charge < -0.3 is 0 Å². The number of nitrogens with one attached hydrogen (secondary N) is 2. The van der Waals surface area contributed by atoms with Gasteiger partial charge in [0, 0.05) is 11.3 Å². The minimum Gasteiger partial charge on any atom is -0.276 e. The number of aromatic nitrogens is 4. The molecule has 0 aliphatic rings. The third-order valence-electron chi connectivity index (χ3n) is 2.39. The molecule has 80 valence electrons. The molecule has 0 saturated heterocycles. The molecule has 3 rings (SSSR count). The monoisotopic (exact) mass is 232 g/mol. The molecule has 0 spiro atoms. The zero-order valence-corrected chi connectivity index (χ0v) is 9.04. The van der Waals surface area contributed by atoms with Gasteiger partial charge in [0.15, 0.2) is 0 Å². The normalized spacial score (nSPS) is 11.0. The number of aromatic amines is 2. The van der Waals surface area contributed by atoms with Gasteiger partial charge >= 0.3 is 0 Å². The number of H-pyrrole nitrogens is 2. The molecule has 0 fully saturated rings. The Labute approximate surface area is 94.1 Å². The second-order valence-electron chi connectivity index (χ2n) is 3.41. The first-order chi connectivity index (χ1) is 7.84. The van der Waals surface area contributed by atoms with Crippen molar-refractivity contribution in [1.82, 2.24) is 20.4 Å². The van der Waals surface area contributed by atoms with Crippen LogP contribution < -0.4 is 5.56 Å². The van der Waals surface area contributed by atoms with Gasteiger partial charge in [-0.3, -0.25) is 9.89 Å². The quantitative estimate of drug-likeness (QED) is 0.699. The standard InChI is InChI=1S/C10H8N4OS/c15-10-7-5-11-13-9(7)8(12-14-10)4-6-2-1-3-16-6/h1-3,5H,4H2,(H,11,13)(H,14,15). The van der Waals surface area contributed by atoms with E-state index in [1.54, 1.807) is 11.3 Å². The van der Waals surface area contributed by atoms with Crippen molar-refractivity contribution in [1.29, 1.82) is 0 Å². The van der Waals surface area contributed by atoms with E-state index in [4.69, 9.17) is 0 Å². The summed E-state index contributed by atoms with van der Waals surface area (Å²) in [6.45, 7) is 0. The Morgan fingerprint density at radius 2 is 2.31 bits per heavy atom. The molecule has 0 aromatic carbocycles. The SMILES string of the molecule is O=c1[nH]nc(Cc2cccs2)c2[nH]ncc12. The molecule has 0 unspecified atom stereocenters. The second-order valence-corrected chi connectivity index (χ2v) is 4.45. The van der Waals surface area contributed by atoms with E-state index in [2.05, 4.69) is 20.4 Å². The van der Waals surface area contributed by atoms with Crippen molar-refractivity contribution in [2.45, 2.75) is 6.42 Å². The van der Waals surface area contributed by atoms with Crippen LogP contribution >= 0.6 is 11.3 Å². The lowest BCUT2D eigenvalue weighted by Crippen LogP contribution is -2.10. The summed E-state index contributed by atoms with van der Waals surface area (Å²) in [6, 6.07) is 4.04. The number of hydrogen-bond donors (Lipinski definition) is 2. The van der Waals surface area contributed by atoms with Crippen LogP contribution in [0.3, 0.4) is 0 Å². The van der Waals surface area contributed by atoms with Crippen molar-refractivity contribution >= 4 is 22.2 Å². The summed E-state index contributed by atoms with van der Waals surface area (Å²) in [5.41, 5.74) is 1.32. The van der Waals surface area contributed by atoms with Crippen molar-refractivity contribution in [3.8, 4) is 0 Å². The van der Waals surface area contributed by atoms with Gasteiger partial charge in [0.1, 0.15) is 0 Å². The lowest BCUT2D eigenvalue weighted by molar-refractivity contribution is 0.933. The minimum absolute atomic E-state index is 0.210. The number of thiophene rings is 1. The fourth-order valence-electron chi connectivity index (χ4n) is 1.62. The summed E-state index contributed by atoms with van der Waals surface area (Å²) in [5, 5.41) is 15.8. The summed E-state index contributed by atoms with van der Waals surface area (Å²) in [5.74, 6) is 0. The van der Waals surface area contributed by atoms with Crippen LogP contribution in [0.25, 0.3) is 10.9 Å². The number of nitrogens with zero attached hydrogens (tertiary/aromatic N) is 2. The Balaban J connectivity index is 2.14. The Kier molecular flexibility index (Phi) is 2.07. The van der Waals surface area contributed by atoms with Gasteiger partial charge in [-0.1, -0.05) is 6.07 Å². The fourth-order valence-corrected chi connectivity index (χ4v) is 2.33. The third-order valence-corrected chi connectivity index (χ3v) is 3.26. The zero-order valence-electron chi connectivity index (χ0n) is 8.23. The third kappa shape index (κ3) is 1.43. The van der Waals surface area contributed by atoms with Gasteiger partial charge in [-0.05, 0) is 11.4 Å². The van der Waals surface area contributed by atoms with Gasteiger partial charge in [-0.25, -0.2) is 5.10 Å². The molecular weight excluding hydrogens is 224 g/mol. The smallest absolute Gasteiger partial charge is 0.275 e. The van der Waals surface area contributed by atoms with Crippen LogP contribution in [0.4, 0.5) is 0 Å². The highest BCUT2D eigenvalue weighted by Crippen LogP contribution is 2.16. The summed E-state index contributed by atoms with van der Waals surface area (Å²) in [7, 11) is 0. The predicted octanol–water partition coefficient (Wildman–Crippen LogP) is 1.30. The molecule has 0 aliphatic carbocycles. The van der Waals surface area contributed by atoms with E-state index in [1.807, 2.05) is 17.5 Å². The van der Waals surface area contributed by atoms with Crippen LogP contribution in [0.2, 0.25) is 0 Å². The fraction of sp³-hybridized carbons (Fsp3) is 0.100. The van der Waals surface area contributed by atoms with Crippen LogP contribution in [0.5, 0.6) is 0 Å². The Morgan fingerprint density at radius 1 is 1.38 bits per heavy atom. The number of fused-ring (bicyclic) bond motifs is 1. The van der Waals surface area contributed by atoms with Crippen molar-refractivity contribution in [2.75, 3.05) is 0 Å². The van der Waals surface area contributed by atoms with E-state index in [0.717, 1.165) is 11.2 Å². The molecule has 5 nitrogen and oxygen atoms in total. The largest absolute Gasteiger partial charge is 0.276 e. The van der Waals surface area contributed by atoms with E-state index in [0.29, 0.717) is 11.8 Å². The molecule has 0 radical (unpaired) electrons. The van der Waals surface area contributed by atoms with Crippen LogP contribution in [-0.2, 0) is 6.42 Å². The van der Waals surface area contributed by atoms with Crippen molar-refractivity contribution in [3.63, 3.8) is 0 Å². The molecule has 6 heteroatoms. The average Bonchev–Trinajstić information content (AvgIpc) is 2.92. The maximum atomic E-state index is 11.4. The maximum Gasteiger partial charge on any atom is 0.275 e. The van der Waals surface area contributed by atoms with Crippen LogP contribution in [0, 0.1) is 0 Å². The van der Waals surface area contributed by atoms with Crippen molar-refractivity contribution < 1.29 is 0 Å². The van der Waals surface area contributed by atoms with E-state index < -0.39 is 0 Å². The summed E-state index contributed by atoms with van der Waals surface area (Å²) >= 11 is 1.67. The van der Waals surface area contributed by atoms with E-state index in [9.17, 15) is 4.79 Å². The van der Waals surface area contributed by atoms with Crippen molar-refractivity contribution in [2.24, 2.45) is 0 Å². The molecule has 3 heterocycles. The number of rotatable bonds is 2. The molecule has 0 atom stereocenters. The first-order valence-electron chi connectivity index (χ1n) is 4.77. The molecule has 3 aromatic heterocycles. The Bertz CT molecular complexity index is 668. The molecular formula is C10H8N4OS. The molecule has 3 aromatic rings. The van der Waals surface area contributed by atoms with Gasteiger partial charge in [0.05, 0.1) is 22.8 Å². The van der Waals surface area contributed by atoms with Gasteiger partial charge in [0.25, 0.3) is 5.56 Å². The highest BCUT2D eigenvalue weighted by atomic mass is 32.1. The van der Waals surface area contributed by atoms with Crippen molar-refractivity contribution in [3.05, 3.63) is 44.6 Å². The molecule has 2 N–H and O–H groups in total. The number of hydrogen-bond acceptors (Lipinski definition) is 4. The van der Waals surface area contributed by atoms with E-state index in [1.165, 1.54) is 11.1 Å². The van der Waals surface area contributed by atoms with Gasteiger partial charge in [-0.2, -0.15) is 10.2 Å². The van der Waals surface area contributed by atoms with Crippen LogP contribution in [0.1, 0.15) is 10.6 Å². The summed E-state index contributed by atoms with van der Waals surface area (Å²) < 4.78 is 0. The lowest BCUT2D eigenvalue weighted by atomic mass is 10.2. The van der Waals surface area contributed by atoms with Gasteiger partial charge in [-0.15, -0.1) is 11.3 Å². The summed E-state index contributed by atoms with van der Waals surface area (Å²) in [6.07, 6.45) is 2.22. The topological polar surface area (TPSA) is 74.4 Å². The van der Waals surface area contributed by atoms with Crippen LogP contribution in [0.15, 0.2) is 28.5 Å². The second kappa shape index (κ2) is 3.57. The average molecular weight is 232 g/mol. The highest BCUT2D eigenvalue weighted by Gasteiger charge is 2.09. The molecule has 16 heavy (non-hydrogen) atoms. The first kappa shape index (κ1) is 9.29.